The Morgan fingerprint density at radius 2 is 1.90 bits per heavy atom. The van der Waals surface area contributed by atoms with E-state index >= 15 is 0 Å². The number of carbonyl (C=O) groups excluding carboxylic acids is 2. The van der Waals surface area contributed by atoms with E-state index in [2.05, 4.69) is 10.6 Å². The second kappa shape index (κ2) is 7.65. The van der Waals surface area contributed by atoms with Gasteiger partial charge in [-0.25, -0.2) is 0 Å². The summed E-state index contributed by atoms with van der Waals surface area (Å²) in [5.41, 5.74) is 6.44. The zero-order valence-electron chi connectivity index (χ0n) is 12.3. The first kappa shape index (κ1) is 16.2. The molecule has 0 bridgehead atoms. The molecule has 1 aromatic carbocycles. The monoisotopic (exact) mass is 277 g/mol. The fourth-order valence-corrected chi connectivity index (χ4v) is 1.56. The normalized spacial score (nSPS) is 13.4. The van der Waals surface area contributed by atoms with Crippen LogP contribution in [0.1, 0.15) is 37.6 Å². The molecule has 0 aliphatic rings. The number of hydrogen-bond donors (Lipinski definition) is 3. The molecule has 110 valence electrons. The molecule has 4 N–H and O–H groups in total. The average molecular weight is 277 g/mol. The van der Waals surface area contributed by atoms with E-state index in [0.717, 1.165) is 6.42 Å². The lowest BCUT2D eigenvalue weighted by Crippen LogP contribution is -2.33. The molecule has 0 fully saturated rings. The van der Waals surface area contributed by atoms with Crippen molar-refractivity contribution in [2.24, 2.45) is 11.7 Å². The minimum atomic E-state index is -0.291. The lowest BCUT2D eigenvalue weighted by Gasteiger charge is -2.16. The molecule has 0 aliphatic heterocycles. The van der Waals surface area contributed by atoms with E-state index in [0.29, 0.717) is 11.3 Å². The highest BCUT2D eigenvalue weighted by molar-refractivity contribution is 6.04. The molecule has 0 aliphatic carbocycles. The van der Waals surface area contributed by atoms with Gasteiger partial charge in [-0.15, -0.1) is 0 Å². The van der Waals surface area contributed by atoms with Crippen molar-refractivity contribution >= 4 is 17.5 Å². The van der Waals surface area contributed by atoms with E-state index in [9.17, 15) is 9.59 Å². The van der Waals surface area contributed by atoms with E-state index < -0.39 is 0 Å². The van der Waals surface area contributed by atoms with Gasteiger partial charge in [0.2, 0.25) is 5.91 Å². The predicted octanol–water partition coefficient (Wildman–Crippen LogP) is 1.75. The number of rotatable bonds is 6. The molecule has 5 nitrogen and oxygen atoms in total. The maximum Gasteiger partial charge on any atom is 0.253 e. The molecule has 1 aromatic rings. The number of nitrogens with two attached hydrogens (primary N) is 1. The number of carbonyl (C=O) groups is 2. The van der Waals surface area contributed by atoms with Crippen molar-refractivity contribution in [3.8, 4) is 0 Å². The number of hydrogen-bond acceptors (Lipinski definition) is 3. The summed E-state index contributed by atoms with van der Waals surface area (Å²) in [6, 6.07) is 7.05. The number of amides is 2. The third kappa shape index (κ3) is 4.35. The summed E-state index contributed by atoms with van der Waals surface area (Å²) in [5.74, 6) is -0.660. The third-order valence-electron chi connectivity index (χ3n) is 3.22. The molecular weight excluding hydrogens is 254 g/mol. The summed E-state index contributed by atoms with van der Waals surface area (Å²) in [6.07, 6.45) is 0.852. The summed E-state index contributed by atoms with van der Waals surface area (Å²) in [6.45, 7) is 5.96. The van der Waals surface area contributed by atoms with Crippen LogP contribution < -0.4 is 16.4 Å². The molecular formula is C15H23N3O2. The summed E-state index contributed by atoms with van der Waals surface area (Å²) >= 11 is 0. The molecule has 2 unspecified atom stereocenters. The maximum atomic E-state index is 12.2. The van der Waals surface area contributed by atoms with Crippen LogP contribution in [0.4, 0.5) is 5.69 Å². The van der Waals surface area contributed by atoms with E-state index in [-0.39, 0.29) is 30.3 Å². The summed E-state index contributed by atoms with van der Waals surface area (Å²) in [5, 5.41) is 5.64. The van der Waals surface area contributed by atoms with E-state index in [4.69, 9.17) is 5.73 Å². The van der Waals surface area contributed by atoms with Gasteiger partial charge in [-0.2, -0.15) is 0 Å². The lowest BCUT2D eigenvalue weighted by atomic mass is 10.1. The third-order valence-corrected chi connectivity index (χ3v) is 3.22. The van der Waals surface area contributed by atoms with E-state index in [1.165, 1.54) is 0 Å². The average Bonchev–Trinajstić information content (AvgIpc) is 2.46. The fraction of sp³-hybridized carbons (Fsp3) is 0.467. The standard InChI is InChI=1S/C15H23N3O2/c1-4-11(3)17-15(20)12-7-5-6-8-13(12)18-14(19)10(2)9-16/h5-8,10-11H,4,9,16H2,1-3H3,(H,17,20)(H,18,19). The van der Waals surface area contributed by atoms with Crippen molar-refractivity contribution in [2.45, 2.75) is 33.2 Å². The first-order chi connectivity index (χ1) is 9.49. The van der Waals surface area contributed by atoms with Crippen LogP contribution in [-0.4, -0.2) is 24.4 Å². The SMILES string of the molecule is CCC(C)NC(=O)c1ccccc1NC(=O)C(C)CN. The Balaban J connectivity index is 2.88. The van der Waals surface area contributed by atoms with Crippen LogP contribution in [0.15, 0.2) is 24.3 Å². The molecule has 2 atom stereocenters. The number of anilines is 1. The van der Waals surface area contributed by atoms with Gasteiger partial charge in [-0.05, 0) is 25.5 Å². The first-order valence-corrected chi connectivity index (χ1v) is 6.90. The molecule has 20 heavy (non-hydrogen) atoms. The minimum absolute atomic E-state index is 0.0919. The fourth-order valence-electron chi connectivity index (χ4n) is 1.56. The predicted molar refractivity (Wildman–Crippen MR) is 80.5 cm³/mol. The Bertz CT molecular complexity index is 474. The number of benzene rings is 1. The number of nitrogens with one attached hydrogen (secondary N) is 2. The number of para-hydroxylation sites is 1. The van der Waals surface area contributed by atoms with Crippen molar-refractivity contribution < 1.29 is 9.59 Å². The summed E-state index contributed by atoms with van der Waals surface area (Å²) < 4.78 is 0. The van der Waals surface area contributed by atoms with Crippen LogP contribution >= 0.6 is 0 Å². The molecule has 0 aromatic heterocycles. The second-order valence-corrected chi connectivity index (χ2v) is 4.95. The molecule has 1 rings (SSSR count). The van der Waals surface area contributed by atoms with E-state index in [1.807, 2.05) is 13.8 Å². The first-order valence-electron chi connectivity index (χ1n) is 6.90. The highest BCUT2D eigenvalue weighted by Gasteiger charge is 2.16. The van der Waals surface area contributed by atoms with Crippen molar-refractivity contribution in [1.29, 1.82) is 0 Å². The van der Waals surface area contributed by atoms with Crippen LogP contribution in [-0.2, 0) is 4.79 Å². The summed E-state index contributed by atoms with van der Waals surface area (Å²) in [4.78, 5) is 24.0. The Kier molecular flexibility index (Phi) is 6.18. The van der Waals surface area contributed by atoms with Gasteiger partial charge in [0.15, 0.2) is 0 Å². The van der Waals surface area contributed by atoms with Crippen molar-refractivity contribution in [3.05, 3.63) is 29.8 Å². The Morgan fingerprint density at radius 3 is 2.50 bits per heavy atom. The van der Waals surface area contributed by atoms with E-state index in [1.54, 1.807) is 31.2 Å². The zero-order valence-corrected chi connectivity index (χ0v) is 12.3. The van der Waals surface area contributed by atoms with Crippen LogP contribution in [0, 0.1) is 5.92 Å². The minimum Gasteiger partial charge on any atom is -0.350 e. The van der Waals surface area contributed by atoms with Crippen molar-refractivity contribution in [2.75, 3.05) is 11.9 Å². The van der Waals surface area contributed by atoms with Crippen LogP contribution in [0.3, 0.4) is 0 Å². The molecule has 5 heteroatoms. The Hall–Kier alpha value is -1.88. The van der Waals surface area contributed by atoms with Crippen molar-refractivity contribution in [1.82, 2.24) is 5.32 Å². The molecule has 0 saturated carbocycles. The quantitative estimate of drug-likeness (QED) is 0.740. The van der Waals surface area contributed by atoms with Gasteiger partial charge < -0.3 is 16.4 Å². The summed E-state index contributed by atoms with van der Waals surface area (Å²) in [7, 11) is 0. The highest BCUT2D eigenvalue weighted by Crippen LogP contribution is 2.16. The molecule has 2 amide bonds. The second-order valence-electron chi connectivity index (χ2n) is 4.95. The van der Waals surface area contributed by atoms with Crippen LogP contribution in [0.5, 0.6) is 0 Å². The Morgan fingerprint density at radius 1 is 1.25 bits per heavy atom. The van der Waals surface area contributed by atoms with Gasteiger partial charge >= 0.3 is 0 Å². The van der Waals surface area contributed by atoms with Gasteiger partial charge in [0.25, 0.3) is 5.91 Å². The van der Waals surface area contributed by atoms with Gasteiger partial charge in [-0.3, -0.25) is 9.59 Å². The van der Waals surface area contributed by atoms with Crippen molar-refractivity contribution in [3.63, 3.8) is 0 Å². The Labute approximate surface area is 119 Å². The molecule has 0 radical (unpaired) electrons. The highest BCUT2D eigenvalue weighted by atomic mass is 16.2. The van der Waals surface area contributed by atoms with Gasteiger partial charge in [0.05, 0.1) is 11.3 Å². The molecule has 0 heterocycles. The molecule has 0 saturated heterocycles. The zero-order chi connectivity index (χ0) is 15.1. The molecule has 0 spiro atoms. The van der Waals surface area contributed by atoms with Gasteiger partial charge in [-0.1, -0.05) is 26.0 Å². The lowest BCUT2D eigenvalue weighted by molar-refractivity contribution is -0.119. The topological polar surface area (TPSA) is 84.2 Å². The largest absolute Gasteiger partial charge is 0.350 e. The maximum absolute atomic E-state index is 12.2. The van der Waals surface area contributed by atoms with Crippen LogP contribution in [0.25, 0.3) is 0 Å². The smallest absolute Gasteiger partial charge is 0.253 e. The van der Waals surface area contributed by atoms with Crippen LogP contribution in [0.2, 0.25) is 0 Å². The van der Waals surface area contributed by atoms with Gasteiger partial charge in [0, 0.05) is 18.5 Å². The van der Waals surface area contributed by atoms with Gasteiger partial charge in [0.1, 0.15) is 0 Å².